The molecule has 7 heteroatoms. The van der Waals surface area contributed by atoms with Gasteiger partial charge in [-0.3, -0.25) is 9.48 Å². The van der Waals surface area contributed by atoms with E-state index in [4.69, 9.17) is 0 Å². The Morgan fingerprint density at radius 3 is 2.67 bits per heavy atom. The molecule has 1 atom stereocenters. The number of phenolic OH excluding ortho intramolecular Hbond substituents is 1. The summed E-state index contributed by atoms with van der Waals surface area (Å²) in [7, 11) is 1.65. The number of carbonyl (C=O) groups excluding carboxylic acids is 1. The number of benzene rings is 1. The van der Waals surface area contributed by atoms with E-state index in [0.717, 1.165) is 0 Å². The number of hydrogen-bond acceptors (Lipinski definition) is 4. The molecule has 0 aliphatic heterocycles. The van der Waals surface area contributed by atoms with Gasteiger partial charge in [0.05, 0.1) is 11.8 Å². The van der Waals surface area contributed by atoms with E-state index in [1.807, 2.05) is 0 Å². The summed E-state index contributed by atoms with van der Waals surface area (Å²) in [6, 6.07) is 3.47. The monoisotopic (exact) mass is 289 g/mol. The SMILES string of the molecule is Cc1cccc(C(=O)NC(C(=O)O)c2cnn(C)c2)c1O. The number of aryl methyl sites for hydroxylation is 2. The Bertz CT molecular complexity index is 693. The summed E-state index contributed by atoms with van der Waals surface area (Å²) >= 11 is 0. The maximum atomic E-state index is 12.2. The molecule has 1 heterocycles. The van der Waals surface area contributed by atoms with Crippen LogP contribution in [0.4, 0.5) is 0 Å². The molecule has 7 nitrogen and oxygen atoms in total. The van der Waals surface area contributed by atoms with Crippen LogP contribution in [0.2, 0.25) is 0 Å². The lowest BCUT2D eigenvalue weighted by Gasteiger charge is -2.14. The summed E-state index contributed by atoms with van der Waals surface area (Å²) in [6.07, 6.45) is 2.88. The summed E-state index contributed by atoms with van der Waals surface area (Å²) < 4.78 is 1.45. The quantitative estimate of drug-likeness (QED) is 0.778. The van der Waals surface area contributed by atoms with Gasteiger partial charge in [-0.2, -0.15) is 5.10 Å². The van der Waals surface area contributed by atoms with Crippen molar-refractivity contribution in [3.05, 3.63) is 47.3 Å². The van der Waals surface area contributed by atoms with Crippen LogP contribution in [0.1, 0.15) is 27.5 Å². The lowest BCUT2D eigenvalue weighted by atomic mass is 10.1. The van der Waals surface area contributed by atoms with Gasteiger partial charge in [-0.05, 0) is 18.6 Å². The smallest absolute Gasteiger partial charge is 0.331 e. The van der Waals surface area contributed by atoms with Gasteiger partial charge >= 0.3 is 5.97 Å². The van der Waals surface area contributed by atoms with Gasteiger partial charge in [-0.15, -0.1) is 0 Å². The fraction of sp³-hybridized carbons (Fsp3) is 0.214. The third kappa shape index (κ3) is 3.02. The molecule has 0 aliphatic rings. The zero-order valence-corrected chi connectivity index (χ0v) is 11.6. The van der Waals surface area contributed by atoms with Gasteiger partial charge in [-0.25, -0.2) is 4.79 Å². The number of nitrogens with zero attached hydrogens (tertiary/aromatic N) is 2. The lowest BCUT2D eigenvalue weighted by molar-refractivity contribution is -0.139. The molecule has 0 saturated carbocycles. The van der Waals surface area contributed by atoms with Crippen LogP contribution in [0.25, 0.3) is 0 Å². The summed E-state index contributed by atoms with van der Waals surface area (Å²) in [5.41, 5.74) is 0.923. The number of amides is 1. The van der Waals surface area contributed by atoms with Crippen LogP contribution in [0.3, 0.4) is 0 Å². The molecule has 0 spiro atoms. The zero-order valence-electron chi connectivity index (χ0n) is 11.6. The molecule has 21 heavy (non-hydrogen) atoms. The van der Waals surface area contributed by atoms with Crippen molar-refractivity contribution in [3.8, 4) is 5.75 Å². The van der Waals surface area contributed by atoms with Crippen molar-refractivity contribution in [1.29, 1.82) is 0 Å². The third-order valence-electron chi connectivity index (χ3n) is 3.06. The first kappa shape index (κ1) is 14.6. The number of aromatic nitrogens is 2. The second-order valence-corrected chi connectivity index (χ2v) is 4.66. The number of carbonyl (C=O) groups is 2. The van der Waals surface area contributed by atoms with Crippen LogP contribution < -0.4 is 5.32 Å². The number of carboxylic acids is 1. The predicted octanol–water partition coefficient (Wildman–Crippen LogP) is 0.990. The molecule has 0 saturated heterocycles. The maximum absolute atomic E-state index is 12.2. The number of aliphatic carboxylic acids is 1. The minimum absolute atomic E-state index is 0.0325. The molecule has 3 N–H and O–H groups in total. The fourth-order valence-corrected chi connectivity index (χ4v) is 1.93. The number of rotatable bonds is 4. The summed E-state index contributed by atoms with van der Waals surface area (Å²) in [6.45, 7) is 1.65. The first-order chi connectivity index (χ1) is 9.90. The number of nitrogens with one attached hydrogen (secondary N) is 1. The van der Waals surface area contributed by atoms with Crippen LogP contribution in [-0.4, -0.2) is 31.9 Å². The van der Waals surface area contributed by atoms with Crippen LogP contribution in [0.5, 0.6) is 5.75 Å². The van der Waals surface area contributed by atoms with Crippen molar-refractivity contribution in [2.24, 2.45) is 7.05 Å². The molecule has 1 aromatic heterocycles. The van der Waals surface area contributed by atoms with E-state index >= 15 is 0 Å². The Balaban J connectivity index is 2.27. The molecule has 2 rings (SSSR count). The van der Waals surface area contributed by atoms with E-state index in [1.165, 1.54) is 23.1 Å². The highest BCUT2D eigenvalue weighted by Gasteiger charge is 2.25. The van der Waals surface area contributed by atoms with Crippen LogP contribution in [0.15, 0.2) is 30.6 Å². The number of aromatic hydroxyl groups is 1. The Morgan fingerprint density at radius 2 is 2.10 bits per heavy atom. The first-order valence-electron chi connectivity index (χ1n) is 6.21. The van der Waals surface area contributed by atoms with Gasteiger partial charge in [-0.1, -0.05) is 12.1 Å². The third-order valence-corrected chi connectivity index (χ3v) is 3.06. The highest BCUT2D eigenvalue weighted by atomic mass is 16.4. The summed E-state index contributed by atoms with van der Waals surface area (Å²) in [4.78, 5) is 23.5. The molecule has 1 unspecified atom stereocenters. The minimum atomic E-state index is -1.23. The number of hydrogen-bond donors (Lipinski definition) is 3. The second kappa shape index (κ2) is 5.66. The van der Waals surface area contributed by atoms with E-state index in [1.54, 1.807) is 26.1 Å². The number of para-hydroxylation sites is 1. The highest BCUT2D eigenvalue weighted by molar-refractivity contribution is 5.99. The lowest BCUT2D eigenvalue weighted by Crippen LogP contribution is -2.33. The fourth-order valence-electron chi connectivity index (χ4n) is 1.93. The largest absolute Gasteiger partial charge is 0.507 e. The van der Waals surface area contributed by atoms with Gasteiger partial charge in [0.15, 0.2) is 6.04 Å². The first-order valence-corrected chi connectivity index (χ1v) is 6.21. The summed E-state index contributed by atoms with van der Waals surface area (Å²) in [5, 5.41) is 25.4. The van der Waals surface area contributed by atoms with Gasteiger partial charge in [0.25, 0.3) is 5.91 Å². The number of carboxylic acid groups (broad SMARTS) is 1. The Morgan fingerprint density at radius 1 is 1.38 bits per heavy atom. The van der Waals surface area contributed by atoms with Crippen molar-refractivity contribution >= 4 is 11.9 Å². The van der Waals surface area contributed by atoms with Gasteiger partial charge in [0, 0.05) is 18.8 Å². The van der Waals surface area contributed by atoms with E-state index in [-0.39, 0.29) is 11.3 Å². The van der Waals surface area contributed by atoms with Crippen molar-refractivity contribution in [2.45, 2.75) is 13.0 Å². The zero-order chi connectivity index (χ0) is 15.6. The van der Waals surface area contributed by atoms with Crippen molar-refractivity contribution < 1.29 is 19.8 Å². The predicted molar refractivity (Wildman–Crippen MR) is 73.9 cm³/mol. The van der Waals surface area contributed by atoms with E-state index in [9.17, 15) is 19.8 Å². The standard InChI is InChI=1S/C14H15N3O4/c1-8-4-3-5-10(12(8)18)13(19)16-11(14(20)21)9-6-15-17(2)7-9/h3-7,11,18H,1-2H3,(H,16,19)(H,20,21). The van der Waals surface area contributed by atoms with E-state index in [2.05, 4.69) is 10.4 Å². The topological polar surface area (TPSA) is 104 Å². The molecule has 0 radical (unpaired) electrons. The highest BCUT2D eigenvalue weighted by Crippen LogP contribution is 2.22. The van der Waals surface area contributed by atoms with Crippen molar-refractivity contribution in [1.82, 2.24) is 15.1 Å². The molecular weight excluding hydrogens is 274 g/mol. The molecule has 1 aromatic carbocycles. The van der Waals surface area contributed by atoms with Gasteiger partial charge in [0.1, 0.15) is 5.75 Å². The van der Waals surface area contributed by atoms with Crippen LogP contribution in [0, 0.1) is 6.92 Å². The van der Waals surface area contributed by atoms with E-state index in [0.29, 0.717) is 11.1 Å². The normalized spacial score (nSPS) is 11.9. The molecule has 1 amide bonds. The molecule has 110 valence electrons. The van der Waals surface area contributed by atoms with Crippen LogP contribution in [-0.2, 0) is 11.8 Å². The average molecular weight is 289 g/mol. The van der Waals surface area contributed by atoms with Gasteiger partial charge < -0.3 is 15.5 Å². The molecule has 2 aromatic rings. The molecular formula is C14H15N3O4. The minimum Gasteiger partial charge on any atom is -0.507 e. The van der Waals surface area contributed by atoms with Crippen LogP contribution >= 0.6 is 0 Å². The molecule has 0 fully saturated rings. The number of phenols is 1. The second-order valence-electron chi connectivity index (χ2n) is 4.66. The maximum Gasteiger partial charge on any atom is 0.331 e. The van der Waals surface area contributed by atoms with Gasteiger partial charge in [0.2, 0.25) is 0 Å². The van der Waals surface area contributed by atoms with Crippen molar-refractivity contribution in [2.75, 3.05) is 0 Å². The summed E-state index contributed by atoms with van der Waals surface area (Å²) in [5.74, 6) is -2.03. The molecule has 0 bridgehead atoms. The Labute approximate surface area is 120 Å². The Kier molecular flexibility index (Phi) is 3.93. The van der Waals surface area contributed by atoms with Crippen molar-refractivity contribution in [3.63, 3.8) is 0 Å². The molecule has 0 aliphatic carbocycles. The average Bonchev–Trinajstić information content (AvgIpc) is 2.84. The Hall–Kier alpha value is -2.83. The van der Waals surface area contributed by atoms with E-state index < -0.39 is 17.9 Å².